The number of hydrogen-bond acceptors (Lipinski definition) is 10. The van der Waals surface area contributed by atoms with Gasteiger partial charge in [0.15, 0.2) is 0 Å². The quantitative estimate of drug-likeness (QED) is 0.152. The molecular weight excluding hydrogens is 790 g/mol. The number of piperidine rings is 1. The van der Waals surface area contributed by atoms with Gasteiger partial charge in [-0.25, -0.2) is 4.98 Å². The summed E-state index contributed by atoms with van der Waals surface area (Å²) in [6.07, 6.45) is 6.02. The van der Waals surface area contributed by atoms with Gasteiger partial charge in [0.25, 0.3) is 0 Å². The van der Waals surface area contributed by atoms with Gasteiger partial charge in [-0.15, -0.1) is 11.3 Å². The van der Waals surface area contributed by atoms with Crippen molar-refractivity contribution in [2.75, 3.05) is 38.2 Å². The van der Waals surface area contributed by atoms with Gasteiger partial charge in [0.2, 0.25) is 18.7 Å². The van der Waals surface area contributed by atoms with Crippen molar-refractivity contribution in [3.63, 3.8) is 0 Å². The molecule has 0 aliphatic carbocycles. The predicted octanol–water partition coefficient (Wildman–Crippen LogP) is 4.48. The van der Waals surface area contributed by atoms with E-state index in [1.807, 2.05) is 64.5 Å². The van der Waals surface area contributed by atoms with Crippen LogP contribution in [0.3, 0.4) is 0 Å². The summed E-state index contributed by atoms with van der Waals surface area (Å²) < 4.78 is 4.72. The maximum atomic E-state index is 12.1. The molecule has 2 radical (unpaired) electrons. The second-order valence-electron chi connectivity index (χ2n) is 13.6. The number of ether oxygens (including phenoxy) is 1. The van der Waals surface area contributed by atoms with Crippen LogP contribution in [0.25, 0.3) is 10.4 Å². The Morgan fingerprint density at radius 1 is 1.02 bits per heavy atom. The number of anilines is 1. The molecule has 3 N–H and O–H groups in total. The average molecular weight is 846 g/mol. The van der Waals surface area contributed by atoms with E-state index in [0.717, 1.165) is 42.9 Å². The summed E-state index contributed by atoms with van der Waals surface area (Å²) in [5.41, 5.74) is 7.08. The number of pyridine rings is 1. The fourth-order valence-electron chi connectivity index (χ4n) is 5.76. The number of carbonyl (C=O) groups is 4. The number of rotatable bonds is 10. The van der Waals surface area contributed by atoms with Gasteiger partial charge in [0.05, 0.1) is 41.2 Å². The molecular formula is C38H55N6O6SSb. The Balaban J connectivity index is 0.000000264. The van der Waals surface area contributed by atoms with Gasteiger partial charge in [-0.3, -0.25) is 24.2 Å². The molecule has 0 spiro atoms. The molecule has 2 aliphatic rings. The number of esters is 1. The van der Waals surface area contributed by atoms with Crippen molar-refractivity contribution in [1.29, 1.82) is 0 Å². The topological polar surface area (TPSA) is 154 Å². The van der Waals surface area contributed by atoms with Crippen molar-refractivity contribution < 1.29 is 29.0 Å². The summed E-state index contributed by atoms with van der Waals surface area (Å²) in [6.45, 7) is 13.2. The van der Waals surface area contributed by atoms with E-state index in [1.165, 1.54) is 23.2 Å². The number of aliphatic hydroxyl groups excluding tert-OH is 1. The molecule has 52 heavy (non-hydrogen) atoms. The van der Waals surface area contributed by atoms with Crippen LogP contribution in [0, 0.1) is 25.2 Å². The Kier molecular flexibility index (Phi) is 19.9. The van der Waals surface area contributed by atoms with Crippen LogP contribution in [-0.4, -0.2) is 113 Å². The molecule has 14 heteroatoms. The first kappa shape index (κ1) is 44.6. The van der Waals surface area contributed by atoms with E-state index in [4.69, 9.17) is 4.74 Å². The van der Waals surface area contributed by atoms with Crippen LogP contribution in [0.2, 0.25) is 4.87 Å². The molecule has 0 saturated carbocycles. The van der Waals surface area contributed by atoms with Gasteiger partial charge < -0.3 is 30.3 Å². The molecule has 284 valence electrons. The van der Waals surface area contributed by atoms with Crippen molar-refractivity contribution in [3.8, 4) is 10.4 Å². The number of nitrogens with zero attached hydrogens (tertiary/aromatic N) is 4. The van der Waals surface area contributed by atoms with Gasteiger partial charge in [-0.05, 0) is 67.7 Å². The van der Waals surface area contributed by atoms with Crippen molar-refractivity contribution in [3.05, 3.63) is 65.1 Å². The summed E-state index contributed by atoms with van der Waals surface area (Å²) in [5.74, 6) is 0.258. The fourth-order valence-corrected chi connectivity index (χ4v) is 6.57. The van der Waals surface area contributed by atoms with E-state index in [-0.39, 0.29) is 17.3 Å². The molecule has 2 aliphatic heterocycles. The maximum absolute atomic E-state index is 12.1. The van der Waals surface area contributed by atoms with E-state index in [1.54, 1.807) is 39.3 Å². The minimum absolute atomic E-state index is 0.0922. The second kappa shape index (κ2) is 23.2. The third kappa shape index (κ3) is 14.8. The molecule has 4 heterocycles. The number of thiazole rings is 1. The molecule has 2 aromatic heterocycles. The average Bonchev–Trinajstić information content (AvgIpc) is 3.79. The number of β-amino-alcohol motifs (C(OH)–C–C–N with tert-alkyl or cyclic N) is 1. The van der Waals surface area contributed by atoms with Gasteiger partial charge in [0, 0.05) is 44.8 Å². The van der Waals surface area contributed by atoms with Gasteiger partial charge in [0.1, 0.15) is 6.04 Å². The summed E-state index contributed by atoms with van der Waals surface area (Å²) >= 11 is 3.39. The van der Waals surface area contributed by atoms with Crippen molar-refractivity contribution >= 4 is 64.7 Å². The molecule has 3 aromatic rings. The molecule has 5 rings (SSSR count). The molecule has 0 bridgehead atoms. The molecule has 2 saturated heterocycles. The summed E-state index contributed by atoms with van der Waals surface area (Å²) in [7, 11) is 1.45. The van der Waals surface area contributed by atoms with Gasteiger partial charge in [-0.1, -0.05) is 45.0 Å². The molecule has 2 unspecified atom stereocenters. The number of nitrogens with one attached hydrogen (secondary N) is 2. The van der Waals surface area contributed by atoms with Crippen LogP contribution >= 0.6 is 11.3 Å². The van der Waals surface area contributed by atoms with Crippen molar-refractivity contribution in [2.24, 2.45) is 11.3 Å². The SMILES string of the molecule is CC(C)(C)C(NC=O)C(=O)N1CCC(O)C1.COC(=O)CC1CCN(c2ccc(C)nc2)CC1.Cc1ncsc1-c1ccc(CNC=O)cc1.[CH3][Sb]. The third-order valence-corrected chi connectivity index (χ3v) is 9.71. The van der Waals surface area contributed by atoms with Crippen LogP contribution in [0.5, 0.6) is 0 Å². The number of methoxy groups -OCH3 is 1. The summed E-state index contributed by atoms with van der Waals surface area (Å²) in [5, 5.41) is 14.6. The Labute approximate surface area is 326 Å². The zero-order valence-corrected chi connectivity index (χ0v) is 34.9. The van der Waals surface area contributed by atoms with Crippen LogP contribution in [0.4, 0.5) is 5.69 Å². The van der Waals surface area contributed by atoms with Gasteiger partial charge >= 0.3 is 33.9 Å². The van der Waals surface area contributed by atoms with Crippen LogP contribution < -0.4 is 15.5 Å². The van der Waals surface area contributed by atoms with Crippen LogP contribution in [-0.2, 0) is 30.5 Å². The van der Waals surface area contributed by atoms with E-state index in [2.05, 4.69) is 48.6 Å². The molecule has 12 nitrogen and oxygen atoms in total. The zero-order chi connectivity index (χ0) is 38.7. The van der Waals surface area contributed by atoms with E-state index >= 15 is 0 Å². The number of hydrogen-bond donors (Lipinski definition) is 3. The Morgan fingerprint density at radius 3 is 2.17 bits per heavy atom. The Morgan fingerprint density at radius 2 is 1.69 bits per heavy atom. The van der Waals surface area contributed by atoms with E-state index in [0.29, 0.717) is 51.2 Å². The first-order valence-corrected chi connectivity index (χ1v) is 20.8. The molecule has 3 amide bonds. The number of aliphatic hydroxyl groups is 1. The number of likely N-dealkylation sites (tertiary alicyclic amines) is 1. The van der Waals surface area contributed by atoms with Crippen molar-refractivity contribution in [1.82, 2.24) is 25.5 Å². The fraction of sp³-hybridized carbons (Fsp3) is 0.526. The second-order valence-corrected chi connectivity index (χ2v) is 14.5. The van der Waals surface area contributed by atoms with Crippen molar-refractivity contribution in [2.45, 2.75) is 83.9 Å². The Bertz CT molecular complexity index is 1510. The molecule has 2 atom stereocenters. The predicted molar refractivity (Wildman–Crippen MR) is 207 cm³/mol. The number of amides is 3. The van der Waals surface area contributed by atoms with Crippen LogP contribution in [0.15, 0.2) is 48.1 Å². The standard InChI is InChI=1S/C14H20N2O2.C12H12N2OS.C11H20N2O3.CH3.Sb/c1-11-3-4-13(10-15-11)16-7-5-12(6-8-16)9-14(17)18-2;1-9-12(16-8-14-9)11-4-2-10(3-5-11)6-13-7-15;1-11(2,3)9(12-7-14)10(16)13-5-4-8(15)6-13;;/h3-4,10,12H,5-9H2,1-2H3;2-5,7-8H,6H2,1H3,(H,13,15);7-9,15H,4-6H2,1-3H3,(H,12,14);1H3;. The monoisotopic (exact) mass is 844 g/mol. The molecule has 1 aromatic carbocycles. The first-order chi connectivity index (χ1) is 24.9. The number of carbonyl (C=O) groups excluding carboxylic acids is 4. The first-order valence-electron chi connectivity index (χ1n) is 17.4. The Hall–Kier alpha value is -3.54. The van der Waals surface area contributed by atoms with E-state index in [9.17, 15) is 24.3 Å². The summed E-state index contributed by atoms with van der Waals surface area (Å²) in [4.78, 5) is 59.8. The third-order valence-electron chi connectivity index (χ3n) is 8.73. The number of aryl methyl sites for hydroxylation is 2. The van der Waals surface area contributed by atoms with E-state index < -0.39 is 12.1 Å². The van der Waals surface area contributed by atoms with Gasteiger partial charge in [-0.2, -0.15) is 0 Å². The number of benzene rings is 1. The van der Waals surface area contributed by atoms with Crippen LogP contribution in [0.1, 0.15) is 63.4 Å². The zero-order valence-electron chi connectivity index (χ0n) is 31.5. The molecule has 2 fully saturated rings. The minimum atomic E-state index is -0.532. The summed E-state index contributed by atoms with van der Waals surface area (Å²) in [6, 6.07) is 11.8. The number of aromatic nitrogens is 2. The normalized spacial score (nSPS) is 16.1.